The van der Waals surface area contributed by atoms with Gasteiger partial charge in [-0.05, 0) is 42.0 Å². The summed E-state index contributed by atoms with van der Waals surface area (Å²) in [7, 11) is 11.0. The summed E-state index contributed by atoms with van der Waals surface area (Å²) in [6.45, 7) is 0.397. The van der Waals surface area contributed by atoms with E-state index in [-0.39, 0.29) is 12.2 Å². The third-order valence-corrected chi connectivity index (χ3v) is 6.07. The summed E-state index contributed by atoms with van der Waals surface area (Å²) in [5.41, 5.74) is 2.99. The molecule has 0 spiro atoms. The number of rotatable bonds is 14. The number of benzene rings is 3. The largest absolute Gasteiger partial charge is 0.493 e. The molecule has 0 aliphatic carbocycles. The fourth-order valence-electron chi connectivity index (χ4n) is 4.03. The number of nitrogens with one attached hydrogen (secondary N) is 1. The molecule has 0 aromatic heterocycles. The first-order valence-electron chi connectivity index (χ1n) is 12.2. The summed E-state index contributed by atoms with van der Waals surface area (Å²) in [6, 6.07) is 12.6. The van der Waals surface area contributed by atoms with Gasteiger partial charge in [-0.1, -0.05) is 12.2 Å². The zero-order valence-electron chi connectivity index (χ0n) is 23.4. The van der Waals surface area contributed by atoms with Gasteiger partial charge in [0.2, 0.25) is 5.75 Å². The zero-order chi connectivity index (χ0) is 28.4. The average molecular weight is 538 g/mol. The molecule has 3 aromatic carbocycles. The Kier molecular flexibility index (Phi) is 10.3. The smallest absolute Gasteiger partial charge is 0.203 e. The van der Waals surface area contributed by atoms with Gasteiger partial charge in [0.1, 0.15) is 0 Å². The lowest BCUT2D eigenvalue weighted by Gasteiger charge is -2.15. The minimum atomic E-state index is -0.0292. The van der Waals surface area contributed by atoms with Crippen molar-refractivity contribution < 1.29 is 38.0 Å². The van der Waals surface area contributed by atoms with Crippen LogP contribution in [0.4, 0.5) is 5.69 Å². The second-order valence-corrected chi connectivity index (χ2v) is 8.26. The molecule has 0 saturated heterocycles. The molecule has 0 aliphatic rings. The second kappa shape index (κ2) is 13.9. The van der Waals surface area contributed by atoms with Crippen molar-refractivity contribution in [2.24, 2.45) is 0 Å². The van der Waals surface area contributed by atoms with Gasteiger partial charge in [-0.3, -0.25) is 4.79 Å². The highest BCUT2D eigenvalue weighted by Gasteiger charge is 2.15. The number of methoxy groups -OCH3 is 7. The normalized spacial score (nSPS) is 10.6. The number of hydrogen-bond donors (Lipinski definition) is 1. The zero-order valence-corrected chi connectivity index (χ0v) is 23.4. The predicted octanol–water partition coefficient (Wildman–Crippen LogP) is 5.60. The second-order valence-electron chi connectivity index (χ2n) is 8.26. The van der Waals surface area contributed by atoms with Crippen molar-refractivity contribution in [1.82, 2.24) is 0 Å². The van der Waals surface area contributed by atoms with E-state index in [9.17, 15) is 4.79 Å². The first-order chi connectivity index (χ1) is 18.9. The molecule has 3 aromatic rings. The first kappa shape index (κ1) is 29.0. The highest BCUT2D eigenvalue weighted by Crippen LogP contribution is 2.39. The molecule has 0 aliphatic heterocycles. The van der Waals surface area contributed by atoms with E-state index in [1.165, 1.54) is 7.11 Å². The van der Waals surface area contributed by atoms with E-state index in [0.29, 0.717) is 52.4 Å². The summed E-state index contributed by atoms with van der Waals surface area (Å²) in [4.78, 5) is 12.9. The van der Waals surface area contributed by atoms with E-state index in [4.69, 9.17) is 33.2 Å². The molecule has 3 rings (SSSR count). The standard InChI is InChI=1S/C30H35NO8/c1-33-24-11-10-21(17-25(24)34-2)23(32)12-13-31-22-18-27(36-4)26(35-3)16-20(22)9-8-19-14-28(37-5)30(39-7)29(15-19)38-6/h8-11,14-18,31H,12-13H2,1-7H3/b9-8-. The Morgan fingerprint density at radius 1 is 0.641 bits per heavy atom. The van der Waals surface area contributed by atoms with Crippen molar-refractivity contribution in [2.75, 3.05) is 61.6 Å². The van der Waals surface area contributed by atoms with E-state index in [2.05, 4.69) is 5.32 Å². The maximum Gasteiger partial charge on any atom is 0.203 e. The van der Waals surface area contributed by atoms with Crippen molar-refractivity contribution >= 4 is 23.6 Å². The predicted molar refractivity (Wildman–Crippen MR) is 152 cm³/mol. The third-order valence-electron chi connectivity index (χ3n) is 6.07. The van der Waals surface area contributed by atoms with Crippen LogP contribution in [-0.4, -0.2) is 62.1 Å². The lowest BCUT2D eigenvalue weighted by molar-refractivity contribution is 0.0986. The monoisotopic (exact) mass is 537 g/mol. The van der Waals surface area contributed by atoms with Crippen LogP contribution in [-0.2, 0) is 0 Å². The fourth-order valence-corrected chi connectivity index (χ4v) is 4.03. The minimum absolute atomic E-state index is 0.0292. The maximum absolute atomic E-state index is 12.9. The molecular formula is C30H35NO8. The van der Waals surface area contributed by atoms with Crippen LogP contribution < -0.4 is 38.5 Å². The van der Waals surface area contributed by atoms with Gasteiger partial charge >= 0.3 is 0 Å². The lowest BCUT2D eigenvalue weighted by atomic mass is 10.1. The molecule has 9 nitrogen and oxygen atoms in total. The lowest BCUT2D eigenvalue weighted by Crippen LogP contribution is -2.10. The van der Waals surface area contributed by atoms with E-state index in [1.54, 1.807) is 60.9 Å². The fraction of sp³-hybridized carbons (Fsp3) is 0.300. The van der Waals surface area contributed by atoms with Crippen LogP contribution in [0.1, 0.15) is 27.9 Å². The Bertz CT molecular complexity index is 1290. The molecule has 0 saturated carbocycles. The molecule has 0 radical (unpaired) electrons. The Labute approximate surface area is 229 Å². The molecule has 0 fully saturated rings. The van der Waals surface area contributed by atoms with Crippen LogP contribution >= 0.6 is 0 Å². The van der Waals surface area contributed by atoms with Gasteiger partial charge in [0.15, 0.2) is 40.3 Å². The molecule has 0 heterocycles. The summed E-state index contributed by atoms with van der Waals surface area (Å²) in [6.07, 6.45) is 4.12. The number of anilines is 1. The molecule has 0 bridgehead atoms. The summed E-state index contributed by atoms with van der Waals surface area (Å²) < 4.78 is 37.9. The van der Waals surface area contributed by atoms with Gasteiger partial charge in [0.05, 0.1) is 49.8 Å². The molecule has 9 heteroatoms. The molecular weight excluding hydrogens is 502 g/mol. The number of carbonyl (C=O) groups is 1. The van der Waals surface area contributed by atoms with Crippen LogP contribution in [0.25, 0.3) is 12.2 Å². The molecule has 0 atom stereocenters. The van der Waals surface area contributed by atoms with Gasteiger partial charge in [-0.2, -0.15) is 0 Å². The molecule has 1 N–H and O–H groups in total. The van der Waals surface area contributed by atoms with Gasteiger partial charge in [0.25, 0.3) is 0 Å². The van der Waals surface area contributed by atoms with Crippen LogP contribution in [0, 0.1) is 0 Å². The molecule has 0 amide bonds. The van der Waals surface area contributed by atoms with Crippen LogP contribution in [0.2, 0.25) is 0 Å². The Morgan fingerprint density at radius 3 is 1.77 bits per heavy atom. The molecule has 208 valence electrons. The maximum atomic E-state index is 12.9. The minimum Gasteiger partial charge on any atom is -0.493 e. The van der Waals surface area contributed by atoms with Gasteiger partial charge < -0.3 is 38.5 Å². The number of Topliss-reactive ketones (excluding diaryl/α,β-unsaturated/α-hetero) is 1. The Hall–Kier alpha value is -4.53. The Morgan fingerprint density at radius 2 is 1.21 bits per heavy atom. The SMILES string of the molecule is COc1ccc(C(=O)CCNc2cc(OC)c(OC)cc2/C=C\c2cc(OC)c(OC)c(OC)c2)cc1OC. The van der Waals surface area contributed by atoms with Crippen molar-refractivity contribution in [3.8, 4) is 40.2 Å². The quantitative estimate of drug-likeness (QED) is 0.208. The van der Waals surface area contributed by atoms with E-state index in [0.717, 1.165) is 16.8 Å². The van der Waals surface area contributed by atoms with Crippen molar-refractivity contribution in [2.45, 2.75) is 6.42 Å². The number of ether oxygens (including phenoxy) is 7. The number of ketones is 1. The van der Waals surface area contributed by atoms with Crippen LogP contribution in [0.5, 0.6) is 40.2 Å². The van der Waals surface area contributed by atoms with Crippen LogP contribution in [0.15, 0.2) is 42.5 Å². The van der Waals surface area contributed by atoms with E-state index < -0.39 is 0 Å². The third kappa shape index (κ3) is 6.87. The van der Waals surface area contributed by atoms with E-state index in [1.807, 2.05) is 36.4 Å². The summed E-state index contributed by atoms with van der Waals surface area (Å²) >= 11 is 0. The number of hydrogen-bond acceptors (Lipinski definition) is 9. The van der Waals surface area contributed by atoms with Crippen molar-refractivity contribution in [3.63, 3.8) is 0 Å². The van der Waals surface area contributed by atoms with Gasteiger partial charge in [-0.15, -0.1) is 0 Å². The van der Waals surface area contributed by atoms with Crippen molar-refractivity contribution in [3.05, 3.63) is 59.2 Å². The summed E-state index contributed by atoms with van der Waals surface area (Å²) in [5, 5.41) is 3.36. The average Bonchev–Trinajstić information content (AvgIpc) is 2.98. The molecule has 0 unspecified atom stereocenters. The highest BCUT2D eigenvalue weighted by molar-refractivity contribution is 5.97. The summed E-state index contributed by atoms with van der Waals surface area (Å²) in [5.74, 6) is 3.82. The van der Waals surface area contributed by atoms with E-state index >= 15 is 0 Å². The molecule has 39 heavy (non-hydrogen) atoms. The van der Waals surface area contributed by atoms with Gasteiger partial charge in [-0.25, -0.2) is 0 Å². The topological polar surface area (TPSA) is 93.7 Å². The number of carbonyl (C=O) groups excluding carboxylic acids is 1. The Balaban J connectivity index is 1.85. The first-order valence-corrected chi connectivity index (χ1v) is 12.2. The van der Waals surface area contributed by atoms with Crippen LogP contribution in [0.3, 0.4) is 0 Å². The van der Waals surface area contributed by atoms with Crippen molar-refractivity contribution in [1.29, 1.82) is 0 Å². The highest BCUT2D eigenvalue weighted by atomic mass is 16.5. The van der Waals surface area contributed by atoms with Gasteiger partial charge in [0, 0.05) is 35.8 Å².